The number of carbonyl (C=O) groups excluding carboxylic acids is 1. The molecule has 102 valence electrons. The van der Waals surface area contributed by atoms with Crippen molar-refractivity contribution in [2.75, 3.05) is 5.32 Å². The van der Waals surface area contributed by atoms with Crippen molar-refractivity contribution in [3.63, 3.8) is 0 Å². The van der Waals surface area contributed by atoms with E-state index < -0.39 is 0 Å². The van der Waals surface area contributed by atoms with Crippen LogP contribution < -0.4 is 10.6 Å². The highest BCUT2D eigenvalue weighted by atomic mass is 79.9. The lowest BCUT2D eigenvalue weighted by Crippen LogP contribution is -2.34. The first-order chi connectivity index (χ1) is 9.54. The Morgan fingerprint density at radius 2 is 1.65 bits per heavy atom. The van der Waals surface area contributed by atoms with Crippen molar-refractivity contribution in [1.29, 1.82) is 0 Å². The van der Waals surface area contributed by atoms with Crippen LogP contribution in [0, 0.1) is 6.92 Å². The van der Waals surface area contributed by atoms with Gasteiger partial charge in [-0.1, -0.05) is 33.6 Å². The highest BCUT2D eigenvalue weighted by Gasteiger charge is 2.07. The first-order valence-electron chi connectivity index (χ1n) is 5.99. The molecule has 2 rings (SSSR count). The van der Waals surface area contributed by atoms with Crippen LogP contribution in [-0.4, -0.2) is 11.0 Å². The summed E-state index contributed by atoms with van der Waals surface area (Å²) < 4.78 is 0.984. The molecule has 1 amide bonds. The first-order valence-corrected chi connectivity index (χ1v) is 7.19. The third-order valence-corrected chi connectivity index (χ3v) is 3.38. The Hall–Kier alpha value is -1.72. The molecule has 20 heavy (non-hydrogen) atoms. The highest BCUT2D eigenvalue weighted by molar-refractivity contribution is 9.10. The summed E-state index contributed by atoms with van der Waals surface area (Å²) in [6.45, 7) is 1.97. The minimum absolute atomic E-state index is 0.223. The molecule has 3 nitrogen and oxygen atoms in total. The molecule has 0 saturated heterocycles. The van der Waals surface area contributed by atoms with Crippen LogP contribution in [0.3, 0.4) is 0 Å². The van der Waals surface area contributed by atoms with Gasteiger partial charge >= 0.3 is 0 Å². The average Bonchev–Trinajstić information content (AvgIpc) is 2.42. The summed E-state index contributed by atoms with van der Waals surface area (Å²) in [6.07, 6.45) is 0. The Morgan fingerprint density at radius 3 is 2.25 bits per heavy atom. The van der Waals surface area contributed by atoms with E-state index in [4.69, 9.17) is 12.2 Å². The predicted octanol–water partition coefficient (Wildman–Crippen LogP) is 3.88. The molecule has 0 unspecified atom stereocenters. The highest BCUT2D eigenvalue weighted by Crippen LogP contribution is 2.14. The molecule has 0 bridgehead atoms. The molecule has 0 fully saturated rings. The Morgan fingerprint density at radius 1 is 1.05 bits per heavy atom. The zero-order valence-corrected chi connectivity index (χ0v) is 13.2. The molecule has 0 spiro atoms. The Kier molecular flexibility index (Phi) is 4.87. The van der Waals surface area contributed by atoms with Gasteiger partial charge in [-0.05, 0) is 55.5 Å². The number of carbonyl (C=O) groups is 1. The van der Waals surface area contributed by atoms with E-state index in [9.17, 15) is 4.79 Å². The lowest BCUT2D eigenvalue weighted by Gasteiger charge is -2.09. The van der Waals surface area contributed by atoms with Gasteiger partial charge in [0.15, 0.2) is 5.11 Å². The Labute approximate surface area is 131 Å². The van der Waals surface area contributed by atoms with Crippen LogP contribution in [0.15, 0.2) is 53.0 Å². The quantitative estimate of drug-likeness (QED) is 0.809. The number of aryl methyl sites for hydroxylation is 1. The topological polar surface area (TPSA) is 41.1 Å². The number of hydrogen-bond acceptors (Lipinski definition) is 2. The molecule has 5 heteroatoms. The lowest BCUT2D eigenvalue weighted by molar-refractivity contribution is 0.0978. The van der Waals surface area contributed by atoms with E-state index in [-0.39, 0.29) is 11.0 Å². The van der Waals surface area contributed by atoms with Crippen molar-refractivity contribution >= 4 is 44.9 Å². The number of halogens is 1. The summed E-state index contributed by atoms with van der Waals surface area (Å²) in [6, 6.07) is 14.8. The summed E-state index contributed by atoms with van der Waals surface area (Å²) in [5.74, 6) is -0.223. The second kappa shape index (κ2) is 6.63. The molecule has 0 aliphatic carbocycles. The van der Waals surface area contributed by atoms with Crippen LogP contribution in [0.2, 0.25) is 0 Å². The van der Waals surface area contributed by atoms with E-state index >= 15 is 0 Å². The van der Waals surface area contributed by atoms with Gasteiger partial charge in [-0.3, -0.25) is 10.1 Å². The molecule has 0 aromatic heterocycles. The molecule has 0 radical (unpaired) electrons. The van der Waals surface area contributed by atoms with Crippen LogP contribution in [0.25, 0.3) is 0 Å². The van der Waals surface area contributed by atoms with Crippen molar-refractivity contribution in [3.8, 4) is 0 Å². The third-order valence-electron chi connectivity index (χ3n) is 2.64. The molecule has 0 heterocycles. The second-order valence-electron chi connectivity index (χ2n) is 4.28. The Balaban J connectivity index is 1.95. The lowest BCUT2D eigenvalue weighted by atomic mass is 10.1. The van der Waals surface area contributed by atoms with Gasteiger partial charge in [-0.25, -0.2) is 0 Å². The van der Waals surface area contributed by atoms with Crippen LogP contribution in [-0.2, 0) is 0 Å². The fraction of sp³-hybridized carbons (Fsp3) is 0.0667. The van der Waals surface area contributed by atoms with E-state index in [2.05, 4.69) is 26.6 Å². The molecule has 0 aliphatic heterocycles. The Bertz CT molecular complexity index is 623. The normalized spacial score (nSPS) is 9.90. The number of amides is 1. The molecule has 0 aliphatic rings. The van der Waals surface area contributed by atoms with Crippen molar-refractivity contribution in [2.45, 2.75) is 6.92 Å². The van der Waals surface area contributed by atoms with Gasteiger partial charge in [0.1, 0.15) is 0 Å². The number of benzene rings is 2. The number of hydrogen-bond donors (Lipinski definition) is 2. The van der Waals surface area contributed by atoms with Gasteiger partial charge in [0.05, 0.1) is 0 Å². The fourth-order valence-electron chi connectivity index (χ4n) is 1.58. The molecule has 2 aromatic carbocycles. The number of anilines is 1. The van der Waals surface area contributed by atoms with Crippen LogP contribution in [0.5, 0.6) is 0 Å². The van der Waals surface area contributed by atoms with E-state index in [1.54, 1.807) is 12.1 Å². The monoisotopic (exact) mass is 348 g/mol. The number of rotatable bonds is 2. The first kappa shape index (κ1) is 14.7. The van der Waals surface area contributed by atoms with Gasteiger partial charge in [0, 0.05) is 15.7 Å². The van der Waals surface area contributed by atoms with Crippen LogP contribution in [0.1, 0.15) is 15.9 Å². The summed E-state index contributed by atoms with van der Waals surface area (Å²) in [5, 5.41) is 5.88. The van der Waals surface area contributed by atoms with E-state index in [0.29, 0.717) is 5.56 Å². The van der Waals surface area contributed by atoms with E-state index in [0.717, 1.165) is 15.7 Å². The van der Waals surface area contributed by atoms with Gasteiger partial charge in [-0.15, -0.1) is 0 Å². The maximum absolute atomic E-state index is 12.0. The van der Waals surface area contributed by atoms with Crippen molar-refractivity contribution in [2.24, 2.45) is 0 Å². The molecule has 0 atom stereocenters. The standard InChI is InChI=1S/C15H13BrN2OS/c1-10-2-4-11(5-3-10)14(19)18-15(20)17-13-8-6-12(16)7-9-13/h2-9H,1H3,(H2,17,18,19,20). The zero-order chi connectivity index (χ0) is 14.5. The smallest absolute Gasteiger partial charge is 0.257 e. The van der Waals surface area contributed by atoms with E-state index in [1.807, 2.05) is 43.3 Å². The van der Waals surface area contributed by atoms with Crippen LogP contribution in [0.4, 0.5) is 5.69 Å². The number of nitrogens with one attached hydrogen (secondary N) is 2. The van der Waals surface area contributed by atoms with E-state index in [1.165, 1.54) is 0 Å². The molecular formula is C15H13BrN2OS. The summed E-state index contributed by atoms with van der Waals surface area (Å²) in [7, 11) is 0. The summed E-state index contributed by atoms with van der Waals surface area (Å²) >= 11 is 8.47. The molecule has 2 N–H and O–H groups in total. The molecular weight excluding hydrogens is 336 g/mol. The van der Waals surface area contributed by atoms with Crippen LogP contribution >= 0.6 is 28.1 Å². The largest absolute Gasteiger partial charge is 0.332 e. The summed E-state index contributed by atoms with van der Waals surface area (Å²) in [5.41, 5.74) is 2.51. The van der Waals surface area contributed by atoms with Crippen molar-refractivity contribution in [3.05, 3.63) is 64.1 Å². The van der Waals surface area contributed by atoms with Gasteiger partial charge < -0.3 is 5.32 Å². The van der Waals surface area contributed by atoms with Crippen molar-refractivity contribution in [1.82, 2.24) is 5.32 Å². The third kappa shape index (κ3) is 4.15. The van der Waals surface area contributed by atoms with Gasteiger partial charge in [0.2, 0.25) is 0 Å². The fourth-order valence-corrected chi connectivity index (χ4v) is 2.05. The van der Waals surface area contributed by atoms with Gasteiger partial charge in [-0.2, -0.15) is 0 Å². The number of thiocarbonyl (C=S) groups is 1. The minimum Gasteiger partial charge on any atom is -0.332 e. The van der Waals surface area contributed by atoms with Gasteiger partial charge in [0.25, 0.3) is 5.91 Å². The van der Waals surface area contributed by atoms with Crippen molar-refractivity contribution < 1.29 is 4.79 Å². The SMILES string of the molecule is Cc1ccc(C(=O)NC(=S)Nc2ccc(Br)cc2)cc1. The predicted molar refractivity (Wildman–Crippen MR) is 89.0 cm³/mol. The second-order valence-corrected chi connectivity index (χ2v) is 5.61. The molecule has 2 aromatic rings. The average molecular weight is 349 g/mol. The summed E-state index contributed by atoms with van der Waals surface area (Å²) in [4.78, 5) is 12.0. The maximum Gasteiger partial charge on any atom is 0.257 e. The zero-order valence-electron chi connectivity index (χ0n) is 10.8. The minimum atomic E-state index is -0.223. The molecule has 0 saturated carbocycles. The maximum atomic E-state index is 12.0.